The zero-order valence-corrected chi connectivity index (χ0v) is 18.5. The lowest BCUT2D eigenvalue weighted by molar-refractivity contribution is 0.289. The lowest BCUT2D eigenvalue weighted by atomic mass is 9.96. The molecule has 0 bridgehead atoms. The van der Waals surface area contributed by atoms with Gasteiger partial charge in [-0.1, -0.05) is 13.8 Å². The fraction of sp³-hybridized carbons (Fsp3) is 0.727. The maximum atomic E-state index is 4.70. The van der Waals surface area contributed by atoms with Gasteiger partial charge in [0.25, 0.3) is 0 Å². The van der Waals surface area contributed by atoms with E-state index in [1.54, 1.807) is 17.7 Å². The maximum absolute atomic E-state index is 4.70. The van der Waals surface area contributed by atoms with Crippen LogP contribution in [0.3, 0.4) is 0 Å². The Morgan fingerprint density at radius 3 is 2.71 bits per heavy atom. The third-order valence-corrected chi connectivity index (χ3v) is 7.58. The summed E-state index contributed by atoms with van der Waals surface area (Å²) in [7, 11) is 2.27. The van der Waals surface area contributed by atoms with Crippen molar-refractivity contribution in [1.29, 1.82) is 0 Å². The number of piperidine rings is 1. The van der Waals surface area contributed by atoms with Gasteiger partial charge in [-0.05, 0) is 81.6 Å². The van der Waals surface area contributed by atoms with E-state index < -0.39 is 0 Å². The Morgan fingerprint density at radius 1 is 1.18 bits per heavy atom. The molecule has 4 heterocycles. The molecule has 2 saturated heterocycles. The predicted molar refractivity (Wildman–Crippen MR) is 120 cm³/mol. The van der Waals surface area contributed by atoms with Crippen molar-refractivity contribution in [2.24, 2.45) is 5.92 Å². The molecule has 6 heteroatoms. The molecule has 154 valence electrons. The summed E-state index contributed by atoms with van der Waals surface area (Å²) in [5, 5.41) is 7.30. The van der Waals surface area contributed by atoms with E-state index in [1.807, 2.05) is 0 Å². The fourth-order valence-corrected chi connectivity index (χ4v) is 5.88. The minimum Gasteiger partial charge on any atom is -0.356 e. The van der Waals surface area contributed by atoms with E-state index >= 15 is 0 Å². The standard InChI is InChI=1S/C22H35N5S/c1-16(2)19-14-28-22-20(19)21(24-15-25-22)27-11-7-17(8-12-27)13-23-9-6-18-5-4-10-26(18)3/h14-18,23H,4-13H2,1-3H3. The van der Waals surface area contributed by atoms with Gasteiger partial charge in [-0.3, -0.25) is 0 Å². The van der Waals surface area contributed by atoms with Crippen LogP contribution in [0.5, 0.6) is 0 Å². The van der Waals surface area contributed by atoms with Crippen LogP contribution in [-0.2, 0) is 0 Å². The molecule has 28 heavy (non-hydrogen) atoms. The summed E-state index contributed by atoms with van der Waals surface area (Å²) in [4.78, 5) is 15.4. The summed E-state index contributed by atoms with van der Waals surface area (Å²) < 4.78 is 0. The molecule has 2 aromatic heterocycles. The summed E-state index contributed by atoms with van der Waals surface area (Å²) in [6.45, 7) is 10.4. The minimum absolute atomic E-state index is 0.513. The third kappa shape index (κ3) is 4.34. The third-order valence-electron chi connectivity index (χ3n) is 6.67. The van der Waals surface area contributed by atoms with E-state index in [-0.39, 0.29) is 0 Å². The van der Waals surface area contributed by atoms with Gasteiger partial charge in [0.1, 0.15) is 17.0 Å². The average Bonchev–Trinajstić information content (AvgIpc) is 3.32. The summed E-state index contributed by atoms with van der Waals surface area (Å²) in [5.41, 5.74) is 1.40. The Kier molecular flexibility index (Phi) is 6.48. The lowest BCUT2D eigenvalue weighted by Gasteiger charge is -2.33. The number of anilines is 1. The first-order valence-corrected chi connectivity index (χ1v) is 11.9. The monoisotopic (exact) mass is 401 g/mol. The van der Waals surface area contributed by atoms with Crippen LogP contribution in [0.4, 0.5) is 5.82 Å². The molecule has 0 saturated carbocycles. The predicted octanol–water partition coefficient (Wildman–Crippen LogP) is 4.11. The second-order valence-electron chi connectivity index (χ2n) is 8.92. The topological polar surface area (TPSA) is 44.3 Å². The van der Waals surface area contributed by atoms with Gasteiger partial charge in [0.05, 0.1) is 5.39 Å². The van der Waals surface area contributed by atoms with Crippen LogP contribution >= 0.6 is 11.3 Å². The van der Waals surface area contributed by atoms with Gasteiger partial charge in [0, 0.05) is 19.1 Å². The summed E-state index contributed by atoms with van der Waals surface area (Å²) >= 11 is 1.75. The van der Waals surface area contributed by atoms with Crippen molar-refractivity contribution in [2.45, 2.75) is 57.9 Å². The Balaban J connectivity index is 1.29. The molecule has 2 aromatic rings. The van der Waals surface area contributed by atoms with Gasteiger partial charge in [0.2, 0.25) is 0 Å². The number of likely N-dealkylation sites (tertiary alicyclic amines) is 1. The first-order valence-electron chi connectivity index (χ1n) is 11.0. The van der Waals surface area contributed by atoms with E-state index in [2.05, 4.69) is 46.4 Å². The summed E-state index contributed by atoms with van der Waals surface area (Å²) in [5.74, 6) is 2.46. The van der Waals surface area contributed by atoms with Crippen molar-refractivity contribution in [3.05, 3.63) is 17.3 Å². The van der Waals surface area contributed by atoms with Crippen LogP contribution in [-0.4, -0.2) is 60.7 Å². The number of nitrogens with one attached hydrogen (secondary N) is 1. The van der Waals surface area contributed by atoms with Gasteiger partial charge in [-0.2, -0.15) is 0 Å². The van der Waals surface area contributed by atoms with Crippen LogP contribution in [0.15, 0.2) is 11.7 Å². The molecule has 2 aliphatic rings. The second kappa shape index (κ2) is 9.06. The molecule has 2 aliphatic heterocycles. The zero-order valence-electron chi connectivity index (χ0n) is 17.7. The first kappa shape index (κ1) is 20.0. The van der Waals surface area contributed by atoms with Crippen molar-refractivity contribution in [1.82, 2.24) is 20.2 Å². The Labute approximate surface area is 173 Å². The summed E-state index contributed by atoms with van der Waals surface area (Å²) in [6, 6.07) is 0.801. The molecule has 0 aliphatic carbocycles. The number of thiophene rings is 1. The molecule has 0 spiro atoms. The molecular formula is C22H35N5S. The molecule has 1 N–H and O–H groups in total. The van der Waals surface area contributed by atoms with Gasteiger partial charge in [-0.25, -0.2) is 9.97 Å². The quantitative estimate of drug-likeness (QED) is 0.708. The van der Waals surface area contributed by atoms with Gasteiger partial charge < -0.3 is 15.1 Å². The molecular weight excluding hydrogens is 366 g/mol. The highest BCUT2D eigenvalue weighted by molar-refractivity contribution is 7.17. The highest BCUT2D eigenvalue weighted by Crippen LogP contribution is 2.36. The number of aromatic nitrogens is 2. The molecule has 0 aromatic carbocycles. The van der Waals surface area contributed by atoms with Crippen molar-refractivity contribution >= 4 is 27.4 Å². The zero-order chi connectivity index (χ0) is 19.5. The Morgan fingerprint density at radius 2 is 2.00 bits per heavy atom. The number of nitrogens with zero attached hydrogens (tertiary/aromatic N) is 4. The first-order chi connectivity index (χ1) is 13.6. The molecule has 1 atom stereocenters. The number of fused-ring (bicyclic) bond motifs is 1. The van der Waals surface area contributed by atoms with Crippen molar-refractivity contribution < 1.29 is 0 Å². The van der Waals surface area contributed by atoms with Crippen LogP contribution in [0, 0.1) is 5.92 Å². The number of hydrogen-bond acceptors (Lipinski definition) is 6. The van der Waals surface area contributed by atoms with E-state index in [9.17, 15) is 0 Å². The molecule has 0 radical (unpaired) electrons. The summed E-state index contributed by atoms with van der Waals surface area (Å²) in [6.07, 6.45) is 8.30. The normalized spacial score (nSPS) is 22.0. The maximum Gasteiger partial charge on any atom is 0.141 e. The highest BCUT2D eigenvalue weighted by atomic mass is 32.1. The number of hydrogen-bond donors (Lipinski definition) is 1. The van der Waals surface area contributed by atoms with Gasteiger partial charge >= 0.3 is 0 Å². The molecule has 2 fully saturated rings. The minimum atomic E-state index is 0.513. The highest BCUT2D eigenvalue weighted by Gasteiger charge is 2.24. The van der Waals surface area contributed by atoms with Crippen LogP contribution in [0.1, 0.15) is 57.4 Å². The fourth-order valence-electron chi connectivity index (χ4n) is 4.81. The number of rotatable bonds is 7. The van der Waals surface area contributed by atoms with Crippen molar-refractivity contribution in [2.75, 3.05) is 44.7 Å². The Bertz CT molecular complexity index is 765. The van der Waals surface area contributed by atoms with Crippen molar-refractivity contribution in [3.63, 3.8) is 0 Å². The average molecular weight is 402 g/mol. The van der Waals surface area contributed by atoms with E-state index in [1.165, 1.54) is 56.1 Å². The van der Waals surface area contributed by atoms with E-state index in [0.717, 1.165) is 42.2 Å². The van der Waals surface area contributed by atoms with E-state index in [0.29, 0.717) is 5.92 Å². The molecule has 1 unspecified atom stereocenters. The molecule has 0 amide bonds. The van der Waals surface area contributed by atoms with Crippen LogP contribution in [0.2, 0.25) is 0 Å². The van der Waals surface area contributed by atoms with Gasteiger partial charge in [-0.15, -0.1) is 11.3 Å². The van der Waals surface area contributed by atoms with Crippen molar-refractivity contribution in [3.8, 4) is 0 Å². The van der Waals surface area contributed by atoms with E-state index in [4.69, 9.17) is 4.98 Å². The van der Waals surface area contributed by atoms with Crippen LogP contribution in [0.25, 0.3) is 10.2 Å². The van der Waals surface area contributed by atoms with Gasteiger partial charge in [0.15, 0.2) is 0 Å². The van der Waals surface area contributed by atoms with Crippen LogP contribution < -0.4 is 10.2 Å². The smallest absolute Gasteiger partial charge is 0.141 e. The largest absolute Gasteiger partial charge is 0.356 e. The molecule has 4 rings (SSSR count). The second-order valence-corrected chi connectivity index (χ2v) is 9.78. The SMILES string of the molecule is CC(C)c1csc2ncnc(N3CCC(CNCCC4CCCN4C)CC3)c12. The lowest BCUT2D eigenvalue weighted by Crippen LogP contribution is -2.38. The Hall–Kier alpha value is -1.24. The molecule has 5 nitrogen and oxygen atoms in total.